The molecule has 86 valence electrons. The number of hydrogen-bond acceptors (Lipinski definition) is 1. The van der Waals surface area contributed by atoms with Gasteiger partial charge in [0.25, 0.3) is 0 Å². The molecule has 0 heterocycles. The van der Waals surface area contributed by atoms with Gasteiger partial charge in [-0.15, -0.1) is 0 Å². The zero-order valence-corrected chi connectivity index (χ0v) is 11.1. The second kappa shape index (κ2) is 5.80. The lowest BCUT2D eigenvalue weighted by Gasteiger charge is -2.04. The highest BCUT2D eigenvalue weighted by atomic mass is 32.2. The molecule has 0 aliphatic carbocycles. The molecule has 0 radical (unpaired) electrons. The van der Waals surface area contributed by atoms with Crippen molar-refractivity contribution in [2.75, 3.05) is 0 Å². The van der Waals surface area contributed by atoms with Gasteiger partial charge in [0.05, 0.1) is 10.8 Å². The van der Waals surface area contributed by atoms with Gasteiger partial charge in [-0.25, -0.2) is 4.21 Å². The fraction of sp³-hybridized carbons (Fsp3) is 0.286. The van der Waals surface area contributed by atoms with Gasteiger partial charge in [-0.2, -0.15) is 0 Å². The second-order valence-electron chi connectivity index (χ2n) is 4.00. The average molecular weight is 234 g/mol. The van der Waals surface area contributed by atoms with Gasteiger partial charge in [-0.3, -0.25) is 0 Å². The van der Waals surface area contributed by atoms with Crippen LogP contribution in [0.4, 0.5) is 0 Å². The SMILES string of the molecule is C/C=C(\C=C(C)C)S(=O)c1cccc(C)c1. The third kappa shape index (κ3) is 3.46. The van der Waals surface area contributed by atoms with Crippen molar-refractivity contribution in [2.45, 2.75) is 32.6 Å². The zero-order valence-electron chi connectivity index (χ0n) is 10.3. The molecule has 0 saturated heterocycles. The molecule has 1 unspecified atom stereocenters. The maximum absolute atomic E-state index is 12.3. The fourth-order valence-electron chi connectivity index (χ4n) is 1.40. The highest BCUT2D eigenvalue weighted by Crippen LogP contribution is 2.17. The van der Waals surface area contributed by atoms with Crippen molar-refractivity contribution in [3.63, 3.8) is 0 Å². The minimum Gasteiger partial charge on any atom is -0.249 e. The van der Waals surface area contributed by atoms with Gasteiger partial charge in [-0.05, 0) is 51.5 Å². The quantitative estimate of drug-likeness (QED) is 0.723. The molecular formula is C14H18OS. The van der Waals surface area contributed by atoms with E-state index in [4.69, 9.17) is 0 Å². The Kier molecular flexibility index (Phi) is 4.69. The predicted molar refractivity (Wildman–Crippen MR) is 70.8 cm³/mol. The number of aryl methyl sites for hydroxylation is 1. The molecule has 2 heteroatoms. The summed E-state index contributed by atoms with van der Waals surface area (Å²) in [6.07, 6.45) is 3.88. The van der Waals surface area contributed by atoms with Crippen LogP contribution >= 0.6 is 0 Å². The molecule has 0 saturated carbocycles. The van der Waals surface area contributed by atoms with Crippen molar-refractivity contribution in [1.82, 2.24) is 0 Å². The molecule has 1 rings (SSSR count). The Balaban J connectivity index is 3.06. The number of hydrogen-bond donors (Lipinski definition) is 0. The molecule has 16 heavy (non-hydrogen) atoms. The third-order valence-corrected chi connectivity index (χ3v) is 3.60. The van der Waals surface area contributed by atoms with E-state index < -0.39 is 10.8 Å². The highest BCUT2D eigenvalue weighted by molar-refractivity contribution is 7.89. The Bertz CT molecular complexity index is 452. The van der Waals surface area contributed by atoms with Gasteiger partial charge >= 0.3 is 0 Å². The molecule has 0 fully saturated rings. The molecule has 0 spiro atoms. The summed E-state index contributed by atoms with van der Waals surface area (Å²) in [6.45, 7) is 7.95. The molecule has 1 aromatic rings. The summed E-state index contributed by atoms with van der Waals surface area (Å²) in [4.78, 5) is 1.73. The van der Waals surface area contributed by atoms with Crippen molar-refractivity contribution in [1.29, 1.82) is 0 Å². The van der Waals surface area contributed by atoms with E-state index in [0.717, 1.165) is 20.9 Å². The first-order valence-corrected chi connectivity index (χ1v) is 6.49. The van der Waals surface area contributed by atoms with Crippen LogP contribution in [0.5, 0.6) is 0 Å². The molecule has 0 N–H and O–H groups in total. The maximum Gasteiger partial charge on any atom is 0.0846 e. The second-order valence-corrected chi connectivity index (χ2v) is 5.48. The average Bonchev–Trinajstić information content (AvgIpc) is 2.24. The molecular weight excluding hydrogens is 216 g/mol. The van der Waals surface area contributed by atoms with Crippen LogP contribution in [0.3, 0.4) is 0 Å². The van der Waals surface area contributed by atoms with Gasteiger partial charge < -0.3 is 0 Å². The molecule has 0 bridgehead atoms. The van der Waals surface area contributed by atoms with Crippen LogP contribution in [-0.2, 0) is 10.8 Å². The zero-order chi connectivity index (χ0) is 12.1. The summed E-state index contributed by atoms with van der Waals surface area (Å²) >= 11 is 0. The van der Waals surface area contributed by atoms with Gasteiger partial charge in [-0.1, -0.05) is 23.8 Å². The Morgan fingerprint density at radius 3 is 2.50 bits per heavy atom. The fourth-order valence-corrected chi connectivity index (χ4v) is 2.72. The lowest BCUT2D eigenvalue weighted by molar-refractivity contribution is 0.687. The molecule has 0 amide bonds. The van der Waals surface area contributed by atoms with Gasteiger partial charge in [0.15, 0.2) is 0 Å². The Hall–Kier alpha value is -1.15. The Morgan fingerprint density at radius 2 is 2.00 bits per heavy atom. The van der Waals surface area contributed by atoms with E-state index in [1.807, 2.05) is 64.1 Å². The normalized spacial score (nSPS) is 13.4. The van der Waals surface area contributed by atoms with E-state index in [0.29, 0.717) is 0 Å². The van der Waals surface area contributed by atoms with Gasteiger partial charge in [0, 0.05) is 9.80 Å². The van der Waals surface area contributed by atoms with Gasteiger partial charge in [0.1, 0.15) is 0 Å². The van der Waals surface area contributed by atoms with Crippen LogP contribution in [0.25, 0.3) is 0 Å². The molecule has 1 aromatic carbocycles. The lowest BCUT2D eigenvalue weighted by Crippen LogP contribution is -1.94. The smallest absolute Gasteiger partial charge is 0.0846 e. The maximum atomic E-state index is 12.3. The molecule has 1 nitrogen and oxygen atoms in total. The van der Waals surface area contributed by atoms with Crippen LogP contribution < -0.4 is 0 Å². The standard InChI is InChI=1S/C14H18OS/c1-5-13(9-11(2)3)16(15)14-8-6-7-12(4)10-14/h5-10H,1-4H3/b13-5+. The summed E-state index contributed by atoms with van der Waals surface area (Å²) in [5, 5.41) is 0. The summed E-state index contributed by atoms with van der Waals surface area (Å²) in [5.41, 5.74) is 2.30. The Labute approximate surface area is 100 Å². The van der Waals surface area contributed by atoms with Crippen LogP contribution in [0.2, 0.25) is 0 Å². The van der Waals surface area contributed by atoms with Crippen LogP contribution in [0.1, 0.15) is 26.3 Å². The van der Waals surface area contributed by atoms with E-state index >= 15 is 0 Å². The van der Waals surface area contributed by atoms with Crippen molar-refractivity contribution in [3.05, 3.63) is 52.5 Å². The van der Waals surface area contributed by atoms with Crippen molar-refractivity contribution >= 4 is 10.8 Å². The van der Waals surface area contributed by atoms with Crippen molar-refractivity contribution < 1.29 is 4.21 Å². The largest absolute Gasteiger partial charge is 0.249 e. The van der Waals surface area contributed by atoms with Crippen LogP contribution in [0.15, 0.2) is 51.8 Å². The third-order valence-electron chi connectivity index (χ3n) is 2.13. The first-order chi connectivity index (χ1) is 7.54. The van der Waals surface area contributed by atoms with E-state index in [1.54, 1.807) is 0 Å². The first-order valence-electron chi connectivity index (χ1n) is 5.34. The Morgan fingerprint density at radius 1 is 1.31 bits per heavy atom. The molecule has 0 aliphatic rings. The molecule has 0 aromatic heterocycles. The van der Waals surface area contributed by atoms with Crippen LogP contribution in [0, 0.1) is 6.92 Å². The van der Waals surface area contributed by atoms with Gasteiger partial charge in [0.2, 0.25) is 0 Å². The molecule has 0 aliphatic heterocycles. The van der Waals surface area contributed by atoms with E-state index in [2.05, 4.69) is 0 Å². The first kappa shape index (κ1) is 12.9. The monoisotopic (exact) mass is 234 g/mol. The van der Waals surface area contributed by atoms with E-state index in [-0.39, 0.29) is 0 Å². The number of benzene rings is 1. The lowest BCUT2D eigenvalue weighted by atomic mass is 10.2. The highest BCUT2D eigenvalue weighted by Gasteiger charge is 2.07. The van der Waals surface area contributed by atoms with Crippen molar-refractivity contribution in [3.8, 4) is 0 Å². The topological polar surface area (TPSA) is 17.1 Å². The minimum atomic E-state index is -1.07. The van der Waals surface area contributed by atoms with Crippen LogP contribution in [-0.4, -0.2) is 4.21 Å². The number of rotatable bonds is 3. The summed E-state index contributed by atoms with van der Waals surface area (Å²) in [7, 11) is -1.07. The summed E-state index contributed by atoms with van der Waals surface area (Å²) in [5.74, 6) is 0. The molecule has 1 atom stereocenters. The number of allylic oxidation sites excluding steroid dienone is 3. The predicted octanol–water partition coefficient (Wildman–Crippen LogP) is 3.97. The van der Waals surface area contributed by atoms with E-state index in [1.165, 1.54) is 0 Å². The summed E-state index contributed by atoms with van der Waals surface area (Å²) in [6, 6.07) is 7.83. The minimum absolute atomic E-state index is 0.866. The van der Waals surface area contributed by atoms with Crippen molar-refractivity contribution in [2.24, 2.45) is 0 Å². The van der Waals surface area contributed by atoms with E-state index in [9.17, 15) is 4.21 Å². The summed E-state index contributed by atoms with van der Waals surface area (Å²) < 4.78 is 12.3.